The number of hydrogen-bond donors (Lipinski definition) is 3. The predicted molar refractivity (Wildman–Crippen MR) is 125 cm³/mol. The fraction of sp³-hybridized carbons (Fsp3) is 0.478. The summed E-state index contributed by atoms with van der Waals surface area (Å²) in [5.74, 6) is 0.188. The summed E-state index contributed by atoms with van der Waals surface area (Å²) in [4.78, 5) is 43.8. The number of rotatable bonds is 13. The molecule has 2 rings (SSSR count). The summed E-state index contributed by atoms with van der Waals surface area (Å²) in [5, 5.41) is 0. The van der Waals surface area contributed by atoms with Crippen LogP contribution < -0.4 is 5.73 Å². The molecule has 0 saturated carbocycles. The van der Waals surface area contributed by atoms with Gasteiger partial charge < -0.3 is 15.5 Å². The summed E-state index contributed by atoms with van der Waals surface area (Å²) < 4.78 is 11.1. The Kier molecular flexibility index (Phi) is 9.34. The van der Waals surface area contributed by atoms with Crippen molar-refractivity contribution in [3.8, 4) is 0 Å². The van der Waals surface area contributed by atoms with Crippen LogP contribution in [0, 0.1) is 0 Å². The van der Waals surface area contributed by atoms with Gasteiger partial charge in [0, 0.05) is 22.4 Å². The van der Waals surface area contributed by atoms with E-state index in [-0.39, 0.29) is 24.1 Å². The van der Waals surface area contributed by atoms with Crippen molar-refractivity contribution >= 4 is 30.5 Å². The summed E-state index contributed by atoms with van der Waals surface area (Å²) in [5.41, 5.74) is 7.34. The molecule has 31 heavy (non-hydrogen) atoms. The van der Waals surface area contributed by atoms with E-state index in [1.165, 1.54) is 11.3 Å². The molecule has 1 aromatic heterocycles. The van der Waals surface area contributed by atoms with E-state index < -0.39 is 13.1 Å². The maximum absolute atomic E-state index is 12.5. The zero-order chi connectivity index (χ0) is 23.1. The van der Waals surface area contributed by atoms with Gasteiger partial charge in [-0.05, 0) is 76.1 Å². The number of carbonyl (C=O) groups excluding carboxylic acids is 2. The largest absolute Gasteiger partial charge is 0.325 e. The number of aryl methyl sites for hydroxylation is 2. The Balaban J connectivity index is 1.75. The molecule has 0 aliphatic heterocycles. The van der Waals surface area contributed by atoms with Gasteiger partial charge in [-0.2, -0.15) is 0 Å². The summed E-state index contributed by atoms with van der Waals surface area (Å²) in [6.07, 6.45) is 4.32. The van der Waals surface area contributed by atoms with Crippen LogP contribution in [0.4, 0.5) is 0 Å². The zero-order valence-electron chi connectivity index (χ0n) is 18.2. The highest BCUT2D eigenvalue weighted by Crippen LogP contribution is 2.37. The second-order valence-corrected chi connectivity index (χ2v) is 11.4. The number of unbranched alkanes of at least 4 members (excludes halogenated alkanes) is 1. The molecule has 1 heterocycles. The molecule has 6 nitrogen and oxygen atoms in total. The van der Waals surface area contributed by atoms with E-state index in [0.717, 1.165) is 40.1 Å². The summed E-state index contributed by atoms with van der Waals surface area (Å²) >= 11 is 1.47. The minimum absolute atomic E-state index is 0.0577. The van der Waals surface area contributed by atoms with Gasteiger partial charge in [-0.1, -0.05) is 18.2 Å². The number of thiophene rings is 1. The van der Waals surface area contributed by atoms with Crippen molar-refractivity contribution in [2.45, 2.75) is 64.3 Å². The molecule has 0 spiro atoms. The zero-order valence-corrected chi connectivity index (χ0v) is 19.9. The Hall–Kier alpha value is -1.63. The monoisotopic (exact) mass is 465 g/mol. The van der Waals surface area contributed by atoms with Crippen LogP contribution in [-0.2, 0) is 17.4 Å². The van der Waals surface area contributed by atoms with Gasteiger partial charge in [-0.15, -0.1) is 11.3 Å². The quantitative estimate of drug-likeness (QED) is 0.223. The van der Waals surface area contributed by atoms with Crippen LogP contribution in [0.25, 0.3) is 0 Å². The number of ketones is 2. The predicted octanol–water partition coefficient (Wildman–Crippen LogP) is 4.76. The van der Waals surface area contributed by atoms with E-state index >= 15 is 0 Å². The van der Waals surface area contributed by atoms with Crippen molar-refractivity contribution in [3.05, 3.63) is 57.3 Å². The van der Waals surface area contributed by atoms with Gasteiger partial charge in [0.05, 0.1) is 11.0 Å². The van der Waals surface area contributed by atoms with Gasteiger partial charge in [0.1, 0.15) is 0 Å². The van der Waals surface area contributed by atoms with Crippen LogP contribution in [0.2, 0.25) is 0 Å². The highest BCUT2D eigenvalue weighted by Gasteiger charge is 2.24. The average Bonchev–Trinajstić information content (AvgIpc) is 3.17. The molecule has 1 unspecified atom stereocenters. The van der Waals surface area contributed by atoms with Crippen LogP contribution in [0.15, 0.2) is 36.4 Å². The molecule has 170 valence electrons. The molecular weight excluding hydrogens is 433 g/mol. The first-order valence-electron chi connectivity index (χ1n) is 10.5. The first-order chi connectivity index (χ1) is 14.5. The molecule has 0 saturated heterocycles. The van der Waals surface area contributed by atoms with Gasteiger partial charge in [-0.3, -0.25) is 14.2 Å². The molecule has 0 aliphatic rings. The van der Waals surface area contributed by atoms with Crippen molar-refractivity contribution in [3.63, 3.8) is 0 Å². The molecular formula is C23H32NO5PS. The number of hydrogen-bond acceptors (Lipinski definition) is 5. The smallest absolute Gasteiger partial charge is 0.325 e. The van der Waals surface area contributed by atoms with Crippen LogP contribution in [0.5, 0.6) is 0 Å². The second-order valence-electron chi connectivity index (χ2n) is 8.45. The van der Waals surface area contributed by atoms with Gasteiger partial charge in [0.15, 0.2) is 11.6 Å². The molecule has 2 aromatic rings. The van der Waals surface area contributed by atoms with E-state index in [2.05, 4.69) is 0 Å². The topological polar surface area (TPSA) is 118 Å². The normalized spacial score (nSPS) is 13.7. The van der Waals surface area contributed by atoms with Crippen LogP contribution >= 0.6 is 18.9 Å². The highest BCUT2D eigenvalue weighted by atomic mass is 32.1. The van der Waals surface area contributed by atoms with Crippen LogP contribution in [-0.4, -0.2) is 33.1 Å². The van der Waals surface area contributed by atoms with Crippen molar-refractivity contribution in [2.24, 2.45) is 5.73 Å². The number of nitrogens with two attached hydrogens (primary N) is 1. The minimum atomic E-state index is -4.04. The lowest BCUT2D eigenvalue weighted by Gasteiger charge is -2.24. The fourth-order valence-electron chi connectivity index (χ4n) is 3.28. The third-order valence-corrected chi connectivity index (χ3v) is 7.30. The molecule has 0 bridgehead atoms. The highest BCUT2D eigenvalue weighted by molar-refractivity contribution is 7.51. The van der Waals surface area contributed by atoms with Crippen molar-refractivity contribution in [2.75, 3.05) is 6.16 Å². The number of Topliss-reactive ketones (excluding diaryl/α,β-unsaturated/α-hetero) is 2. The Labute approximate surface area is 188 Å². The van der Waals surface area contributed by atoms with Gasteiger partial charge >= 0.3 is 7.60 Å². The molecule has 0 aliphatic carbocycles. The van der Waals surface area contributed by atoms with Gasteiger partial charge in [0.25, 0.3) is 0 Å². The molecule has 4 N–H and O–H groups in total. The SMILES string of the molecule is CC(=O)c1cccc(CCCCC(=O)c2ccc(CCC(C)(N)CCP(=O)(O)O)s2)c1. The molecule has 0 amide bonds. The van der Waals surface area contributed by atoms with E-state index in [9.17, 15) is 14.2 Å². The van der Waals surface area contributed by atoms with Crippen molar-refractivity contribution < 1.29 is 23.9 Å². The molecule has 8 heteroatoms. The maximum atomic E-state index is 12.5. The fourth-order valence-corrected chi connectivity index (χ4v) is 5.06. The van der Waals surface area contributed by atoms with Gasteiger partial charge in [0.2, 0.25) is 0 Å². The lowest BCUT2D eigenvalue weighted by atomic mass is 9.94. The van der Waals surface area contributed by atoms with Crippen molar-refractivity contribution in [1.82, 2.24) is 0 Å². The first kappa shape index (κ1) is 25.6. The van der Waals surface area contributed by atoms with Gasteiger partial charge in [-0.25, -0.2) is 0 Å². The molecule has 0 radical (unpaired) electrons. The van der Waals surface area contributed by atoms with Crippen LogP contribution in [0.1, 0.15) is 76.4 Å². The molecule has 0 fully saturated rings. The minimum Gasteiger partial charge on any atom is -0.325 e. The maximum Gasteiger partial charge on any atom is 0.325 e. The molecule has 1 aromatic carbocycles. The standard InChI is InChI=1S/C23H32NO5PS/c1-17(25)19-8-5-7-18(16-19)6-3-4-9-21(26)22-11-10-20(31-22)12-13-23(2,24)14-15-30(27,28)29/h5,7-8,10-11,16H,3-4,6,9,12-15,24H2,1-2H3,(H2,27,28,29). The van der Waals surface area contributed by atoms with E-state index in [4.69, 9.17) is 15.5 Å². The number of carbonyl (C=O) groups is 2. The van der Waals surface area contributed by atoms with E-state index in [1.807, 2.05) is 36.4 Å². The van der Waals surface area contributed by atoms with E-state index in [1.54, 1.807) is 13.8 Å². The number of benzene rings is 1. The second kappa shape index (κ2) is 11.3. The van der Waals surface area contributed by atoms with Crippen molar-refractivity contribution in [1.29, 1.82) is 0 Å². The summed E-state index contributed by atoms with van der Waals surface area (Å²) in [6.45, 7) is 3.36. The summed E-state index contributed by atoms with van der Waals surface area (Å²) in [7, 11) is -4.04. The lowest BCUT2D eigenvalue weighted by molar-refractivity contribution is 0.0981. The third-order valence-electron chi connectivity index (χ3n) is 5.31. The Bertz CT molecular complexity index is 947. The Morgan fingerprint density at radius 3 is 2.52 bits per heavy atom. The molecule has 1 atom stereocenters. The third kappa shape index (κ3) is 9.58. The van der Waals surface area contributed by atoms with E-state index in [0.29, 0.717) is 19.3 Å². The average molecular weight is 466 g/mol. The Morgan fingerprint density at radius 2 is 1.84 bits per heavy atom. The summed E-state index contributed by atoms with van der Waals surface area (Å²) in [6, 6.07) is 11.4. The Morgan fingerprint density at radius 1 is 1.10 bits per heavy atom. The van der Waals surface area contributed by atoms with Crippen LogP contribution in [0.3, 0.4) is 0 Å². The first-order valence-corrected chi connectivity index (χ1v) is 13.1. The lowest BCUT2D eigenvalue weighted by Crippen LogP contribution is -2.37.